The molecule has 5 aromatic rings. The van der Waals surface area contributed by atoms with Crippen LogP contribution in [0.25, 0.3) is 6.08 Å². The van der Waals surface area contributed by atoms with Gasteiger partial charge in [0.2, 0.25) is 0 Å². The molecule has 1 aliphatic heterocycles. The summed E-state index contributed by atoms with van der Waals surface area (Å²) in [4.78, 5) is 28.0. The van der Waals surface area contributed by atoms with E-state index in [0.29, 0.717) is 38.6 Å². The molecule has 11 heteroatoms. The van der Waals surface area contributed by atoms with Gasteiger partial charge in [0.25, 0.3) is 11.8 Å². The lowest BCUT2D eigenvalue weighted by Gasteiger charge is -2.12. The number of furan rings is 1. The molecule has 0 atom stereocenters. The van der Waals surface area contributed by atoms with Gasteiger partial charge >= 0.3 is 0 Å². The molecule has 6 rings (SSSR count). The number of amides is 2. The van der Waals surface area contributed by atoms with Crippen LogP contribution in [0.1, 0.15) is 16.9 Å². The first-order chi connectivity index (χ1) is 23.0. The fourth-order valence-electron chi connectivity index (χ4n) is 4.45. The lowest BCUT2D eigenvalue weighted by molar-refractivity contribution is -0.122. The predicted octanol–water partition coefficient (Wildman–Crippen LogP) is 7.74. The number of carbonyl (C=O) groups excluding carboxylic acids is 2. The number of carbonyl (C=O) groups is 2. The molecule has 0 saturated carbocycles. The highest BCUT2D eigenvalue weighted by Gasteiger charge is 2.34. The van der Waals surface area contributed by atoms with Crippen molar-refractivity contribution >= 4 is 46.7 Å². The van der Waals surface area contributed by atoms with Crippen LogP contribution in [0.3, 0.4) is 0 Å². The van der Waals surface area contributed by atoms with Gasteiger partial charge in [0.1, 0.15) is 28.8 Å². The number of rotatable bonds is 11. The highest BCUT2D eigenvalue weighted by atomic mass is 32.2. The normalized spacial score (nSPS) is 14.7. The number of anilines is 1. The minimum Gasteiger partial charge on any atom is -0.483 e. The largest absolute Gasteiger partial charge is 0.483 e. The monoisotopic (exact) mass is 646 g/mol. The summed E-state index contributed by atoms with van der Waals surface area (Å²) in [6.07, 6.45) is 4.81. The third kappa shape index (κ3) is 8.41. The Morgan fingerprint density at radius 1 is 0.915 bits per heavy atom. The van der Waals surface area contributed by atoms with Gasteiger partial charge in [-0.25, -0.2) is 4.39 Å². The molecule has 1 fully saturated rings. The van der Waals surface area contributed by atoms with Crippen molar-refractivity contribution in [1.82, 2.24) is 4.90 Å². The molecule has 0 spiro atoms. The summed E-state index contributed by atoms with van der Waals surface area (Å²) in [6.45, 7) is -0.130. The van der Waals surface area contributed by atoms with Gasteiger partial charge < -0.3 is 19.2 Å². The maximum absolute atomic E-state index is 13.6. The average Bonchev–Trinajstić information content (AvgIpc) is 3.70. The van der Waals surface area contributed by atoms with E-state index in [1.165, 1.54) is 29.2 Å². The third-order valence-corrected chi connectivity index (χ3v) is 7.66. The Morgan fingerprint density at radius 3 is 2.51 bits per heavy atom. The topological polar surface area (TPSA) is 106 Å². The van der Waals surface area contributed by atoms with E-state index >= 15 is 0 Å². The molecule has 0 bridgehead atoms. The van der Waals surface area contributed by atoms with E-state index in [4.69, 9.17) is 13.9 Å². The Labute approximate surface area is 274 Å². The molecule has 1 aromatic heterocycles. The third-order valence-electron chi connectivity index (χ3n) is 6.66. The highest BCUT2D eigenvalue weighted by Crippen LogP contribution is 2.35. The van der Waals surface area contributed by atoms with Crippen molar-refractivity contribution in [2.75, 3.05) is 11.9 Å². The fraction of sp³-hybridized carbons (Fsp3) is 0.0556. The molecule has 9 nitrogen and oxygen atoms in total. The van der Waals surface area contributed by atoms with E-state index in [1.807, 2.05) is 54.6 Å². The summed E-state index contributed by atoms with van der Waals surface area (Å²) in [7, 11) is 0. The zero-order valence-electron chi connectivity index (χ0n) is 24.8. The first-order valence-electron chi connectivity index (χ1n) is 14.5. The van der Waals surface area contributed by atoms with Crippen molar-refractivity contribution in [3.8, 4) is 17.2 Å². The number of nitrogens with zero attached hydrogens (tertiary/aromatic N) is 3. The molecule has 1 saturated heterocycles. The lowest BCUT2D eigenvalue weighted by atomic mass is 10.2. The van der Waals surface area contributed by atoms with Crippen LogP contribution < -0.4 is 14.8 Å². The Morgan fingerprint density at radius 2 is 1.70 bits per heavy atom. The second-order valence-corrected chi connectivity index (χ2v) is 11.1. The second kappa shape index (κ2) is 14.9. The van der Waals surface area contributed by atoms with Crippen LogP contribution in [-0.2, 0) is 16.1 Å². The van der Waals surface area contributed by atoms with Gasteiger partial charge in [-0.3, -0.25) is 14.5 Å². The summed E-state index contributed by atoms with van der Waals surface area (Å²) in [6, 6.07) is 32.9. The molecular formula is C36H27FN4O5S. The van der Waals surface area contributed by atoms with Crippen molar-refractivity contribution in [2.45, 2.75) is 6.54 Å². The van der Waals surface area contributed by atoms with Crippen molar-refractivity contribution in [2.24, 2.45) is 10.2 Å². The van der Waals surface area contributed by atoms with Crippen molar-refractivity contribution in [3.63, 3.8) is 0 Å². The van der Waals surface area contributed by atoms with Gasteiger partial charge in [-0.1, -0.05) is 48.5 Å². The molecule has 2 heterocycles. The van der Waals surface area contributed by atoms with Gasteiger partial charge in [-0.2, -0.15) is 5.10 Å². The van der Waals surface area contributed by atoms with E-state index in [0.717, 1.165) is 23.1 Å². The SMILES string of the molecule is O=C(COc1ccccc1/C=C1\S/C(=N\N=C\c2cccc(Oc3ccccc3)c2)N(Cc2ccco2)C1=O)Nc1ccc(F)cc1. The molecule has 0 unspecified atom stereocenters. The maximum Gasteiger partial charge on any atom is 0.267 e. The Bertz CT molecular complexity index is 1940. The van der Waals surface area contributed by atoms with Crippen molar-refractivity contribution in [3.05, 3.63) is 149 Å². The van der Waals surface area contributed by atoms with Crippen LogP contribution >= 0.6 is 11.8 Å². The average molecular weight is 647 g/mol. The molecule has 1 N–H and O–H groups in total. The van der Waals surface area contributed by atoms with E-state index in [1.54, 1.807) is 55.0 Å². The summed E-state index contributed by atoms with van der Waals surface area (Å²) >= 11 is 1.16. The quantitative estimate of drug-likeness (QED) is 0.0895. The van der Waals surface area contributed by atoms with Crippen molar-refractivity contribution in [1.29, 1.82) is 0 Å². The summed E-state index contributed by atoms with van der Waals surface area (Å²) < 4.78 is 30.4. The Kier molecular flexibility index (Phi) is 9.84. The van der Waals surface area contributed by atoms with E-state index in [-0.39, 0.29) is 19.1 Å². The van der Waals surface area contributed by atoms with Crippen LogP contribution in [0, 0.1) is 5.82 Å². The minimum absolute atomic E-state index is 0.159. The molecule has 4 aromatic carbocycles. The molecule has 0 aliphatic carbocycles. The molecule has 0 radical (unpaired) electrons. The molecular weight excluding hydrogens is 619 g/mol. The number of benzene rings is 4. The number of ether oxygens (including phenoxy) is 2. The van der Waals surface area contributed by atoms with Crippen molar-refractivity contribution < 1.29 is 27.9 Å². The van der Waals surface area contributed by atoms with E-state index < -0.39 is 11.7 Å². The number of halogens is 1. The molecule has 234 valence electrons. The minimum atomic E-state index is -0.417. The summed E-state index contributed by atoms with van der Waals surface area (Å²) in [5, 5.41) is 11.7. The number of hydrogen-bond acceptors (Lipinski definition) is 8. The van der Waals surface area contributed by atoms with E-state index in [2.05, 4.69) is 15.5 Å². The fourth-order valence-corrected chi connectivity index (χ4v) is 5.38. The maximum atomic E-state index is 13.6. The molecule has 47 heavy (non-hydrogen) atoms. The van der Waals surface area contributed by atoms with Gasteiger partial charge in [-0.05, 0) is 90.1 Å². The highest BCUT2D eigenvalue weighted by molar-refractivity contribution is 8.18. The Hall–Kier alpha value is -5.94. The van der Waals surface area contributed by atoms with Gasteiger partial charge in [0.05, 0.1) is 23.9 Å². The summed E-state index contributed by atoms with van der Waals surface area (Å²) in [5.74, 6) is 1.25. The van der Waals surface area contributed by atoms with Crippen LogP contribution in [-0.4, -0.2) is 34.7 Å². The van der Waals surface area contributed by atoms with Gasteiger partial charge in [0.15, 0.2) is 11.8 Å². The predicted molar refractivity (Wildman–Crippen MR) is 180 cm³/mol. The van der Waals surface area contributed by atoms with Crippen LogP contribution in [0.4, 0.5) is 10.1 Å². The number of hydrogen-bond donors (Lipinski definition) is 1. The van der Waals surface area contributed by atoms with Crippen LogP contribution in [0.2, 0.25) is 0 Å². The van der Waals surface area contributed by atoms with E-state index in [9.17, 15) is 14.0 Å². The van der Waals surface area contributed by atoms with Crippen LogP contribution in [0.5, 0.6) is 17.2 Å². The first-order valence-corrected chi connectivity index (χ1v) is 15.3. The standard InChI is InChI=1S/C36H27FN4O5S/c37-27-15-17-28(18-16-27)39-34(42)24-45-32-14-5-4-9-26(32)21-33-35(43)41(23-31-13-7-19-44-31)36(47-33)40-38-22-25-8-6-12-30(20-25)46-29-10-2-1-3-11-29/h1-22H,23-24H2,(H,39,42)/b33-21-,38-22+,40-36-. The first kappa shape index (κ1) is 31.1. The number of para-hydroxylation sites is 2. The summed E-state index contributed by atoms with van der Waals surface area (Å²) in [5.41, 5.74) is 1.80. The number of thioether (sulfide) groups is 1. The zero-order chi connectivity index (χ0) is 32.4. The number of amidine groups is 1. The zero-order valence-corrected chi connectivity index (χ0v) is 25.6. The number of nitrogens with one attached hydrogen (secondary N) is 1. The Balaban J connectivity index is 1.18. The lowest BCUT2D eigenvalue weighted by Crippen LogP contribution is -2.28. The van der Waals surface area contributed by atoms with Gasteiger partial charge in [0, 0.05) is 11.3 Å². The van der Waals surface area contributed by atoms with Crippen LogP contribution in [0.15, 0.2) is 141 Å². The van der Waals surface area contributed by atoms with Gasteiger partial charge in [-0.15, -0.1) is 5.10 Å². The smallest absolute Gasteiger partial charge is 0.267 e. The second-order valence-electron chi connectivity index (χ2n) is 10.1. The molecule has 2 amide bonds. The molecule has 1 aliphatic rings.